The first-order chi connectivity index (χ1) is 23.2. The third kappa shape index (κ3) is 5.52. The van der Waals surface area contributed by atoms with Gasteiger partial charge in [0.05, 0.1) is 16.7 Å². The first-order valence-electron chi connectivity index (χ1n) is 15.7. The number of thiol groups is 1. The van der Waals surface area contributed by atoms with E-state index in [9.17, 15) is 0 Å². The van der Waals surface area contributed by atoms with E-state index >= 15 is 0 Å². The quantitative estimate of drug-likeness (QED) is 0.0868. The van der Waals surface area contributed by atoms with Gasteiger partial charge in [0.2, 0.25) is 0 Å². The summed E-state index contributed by atoms with van der Waals surface area (Å²) in [5, 5.41) is 4.42. The van der Waals surface area contributed by atoms with Crippen molar-refractivity contribution in [2.75, 3.05) is 0 Å². The van der Waals surface area contributed by atoms with E-state index in [2.05, 4.69) is 158 Å². The van der Waals surface area contributed by atoms with Crippen LogP contribution in [0.4, 0.5) is 0 Å². The normalized spacial score (nSPS) is 12.4. The number of benzene rings is 6. The molecule has 6 aromatic carbocycles. The fourth-order valence-electron chi connectivity index (χ4n) is 6.39. The van der Waals surface area contributed by atoms with Gasteiger partial charge in [0.25, 0.3) is 0 Å². The van der Waals surface area contributed by atoms with Crippen LogP contribution in [0.15, 0.2) is 170 Å². The van der Waals surface area contributed by atoms with Gasteiger partial charge in [-0.05, 0) is 56.8 Å². The minimum Gasteiger partial charge on any atom is -0.254 e. The van der Waals surface area contributed by atoms with Gasteiger partial charge in [0, 0.05) is 33.0 Å². The molecule has 3 heteroatoms. The molecule has 0 saturated carbocycles. The van der Waals surface area contributed by atoms with Crippen LogP contribution in [-0.2, 0) is 0 Å². The molecule has 0 aliphatic rings. The lowest BCUT2D eigenvalue weighted by Gasteiger charge is -2.20. The van der Waals surface area contributed by atoms with E-state index in [1.54, 1.807) is 0 Å². The number of aromatic nitrogens is 2. The lowest BCUT2D eigenvalue weighted by Crippen LogP contribution is -1.97. The molecule has 8 aromatic rings. The predicted octanol–water partition coefficient (Wildman–Crippen LogP) is 11.6. The van der Waals surface area contributed by atoms with Crippen LogP contribution in [0.1, 0.15) is 22.3 Å². The summed E-state index contributed by atoms with van der Waals surface area (Å²) in [6.07, 6.45) is 4.11. The van der Waals surface area contributed by atoms with Crippen LogP contribution < -0.4 is 0 Å². The van der Waals surface area contributed by atoms with Crippen molar-refractivity contribution in [3.8, 4) is 11.3 Å². The van der Waals surface area contributed by atoms with Crippen LogP contribution in [0.2, 0.25) is 0 Å². The number of rotatable bonds is 6. The van der Waals surface area contributed by atoms with Gasteiger partial charge in [-0.1, -0.05) is 152 Å². The summed E-state index contributed by atoms with van der Waals surface area (Å²) in [7, 11) is 0. The van der Waals surface area contributed by atoms with E-state index in [1.165, 1.54) is 0 Å². The first kappa shape index (κ1) is 28.7. The highest BCUT2D eigenvalue weighted by molar-refractivity contribution is 7.91. The highest BCUT2D eigenvalue weighted by Gasteiger charge is 2.20. The smallest absolute Gasteiger partial charge is 0.0972 e. The molecule has 222 valence electrons. The Morgan fingerprint density at radius 3 is 1.87 bits per heavy atom. The van der Waals surface area contributed by atoms with Crippen LogP contribution in [0, 0.1) is 0 Å². The second kappa shape index (κ2) is 12.6. The summed E-state index contributed by atoms with van der Waals surface area (Å²) in [6.45, 7) is 0. The summed E-state index contributed by atoms with van der Waals surface area (Å²) in [5.74, 6) is 0. The Balaban J connectivity index is 1.40. The van der Waals surface area contributed by atoms with Gasteiger partial charge in [-0.15, -0.1) is 12.6 Å². The number of nitrogens with zero attached hydrogens (tertiary/aromatic N) is 2. The Hall–Kier alpha value is -5.77. The molecule has 0 aliphatic heterocycles. The average Bonchev–Trinajstić information content (AvgIpc) is 3.15. The van der Waals surface area contributed by atoms with E-state index in [0.717, 1.165) is 82.1 Å². The molecule has 0 fully saturated rings. The number of pyridine rings is 2. The maximum absolute atomic E-state index is 5.30. The predicted molar refractivity (Wildman–Crippen MR) is 203 cm³/mol. The van der Waals surface area contributed by atoms with Crippen LogP contribution >= 0.6 is 12.6 Å². The summed E-state index contributed by atoms with van der Waals surface area (Å²) in [4.78, 5) is 10.8. The Bertz CT molecular complexity index is 2450. The fraction of sp³-hybridized carbons (Fsp3) is 0. The van der Waals surface area contributed by atoms with Gasteiger partial charge >= 0.3 is 0 Å². The molecular weight excluding hydrogens is 589 g/mol. The molecule has 47 heavy (non-hydrogen) atoms. The van der Waals surface area contributed by atoms with Crippen molar-refractivity contribution < 1.29 is 0 Å². The Morgan fingerprint density at radius 2 is 1.13 bits per heavy atom. The highest BCUT2D eigenvalue weighted by atomic mass is 32.1. The minimum atomic E-state index is 0.910. The maximum Gasteiger partial charge on any atom is 0.0972 e. The fourth-order valence-corrected chi connectivity index (χ4v) is 6.78. The molecule has 0 saturated heterocycles. The Kier molecular flexibility index (Phi) is 7.66. The van der Waals surface area contributed by atoms with E-state index in [-0.39, 0.29) is 0 Å². The van der Waals surface area contributed by atoms with Crippen molar-refractivity contribution in [1.29, 1.82) is 0 Å². The van der Waals surface area contributed by atoms with Crippen molar-refractivity contribution in [2.24, 2.45) is 0 Å². The molecular formula is C44H30N2S. The summed E-state index contributed by atoms with van der Waals surface area (Å²) in [6, 6.07) is 57.2. The molecule has 0 atom stereocenters. The van der Waals surface area contributed by atoms with E-state index in [1.807, 2.05) is 18.3 Å². The molecule has 0 spiro atoms. The second-order valence-corrected chi connectivity index (χ2v) is 12.0. The molecule has 0 bridgehead atoms. The van der Waals surface area contributed by atoms with Crippen molar-refractivity contribution in [2.45, 2.75) is 0 Å². The summed E-state index contributed by atoms with van der Waals surface area (Å²) in [5.41, 5.74) is 10.4. The summed E-state index contributed by atoms with van der Waals surface area (Å²) >= 11 is 5.30. The molecule has 8 rings (SSSR count). The zero-order valence-corrected chi connectivity index (χ0v) is 26.5. The largest absolute Gasteiger partial charge is 0.254 e. The molecule has 0 N–H and O–H groups in total. The van der Waals surface area contributed by atoms with Crippen LogP contribution in [0.5, 0.6) is 0 Å². The molecule has 0 amide bonds. The summed E-state index contributed by atoms with van der Waals surface area (Å²) < 4.78 is 0. The lowest BCUT2D eigenvalue weighted by atomic mass is 9.85. The number of fused-ring (bicyclic) bond motifs is 4. The van der Waals surface area contributed by atoms with Crippen molar-refractivity contribution in [3.05, 3.63) is 192 Å². The van der Waals surface area contributed by atoms with Gasteiger partial charge in [0.15, 0.2) is 0 Å². The van der Waals surface area contributed by atoms with E-state index in [0.29, 0.717) is 0 Å². The Labute approximate surface area is 279 Å². The third-order valence-electron chi connectivity index (χ3n) is 8.65. The topological polar surface area (TPSA) is 25.8 Å². The van der Waals surface area contributed by atoms with Gasteiger partial charge in [-0.25, -0.2) is 4.98 Å². The second-order valence-electron chi connectivity index (χ2n) is 11.5. The number of hydrogen-bond acceptors (Lipinski definition) is 3. The minimum absolute atomic E-state index is 0.910. The third-order valence-corrected chi connectivity index (χ3v) is 9.13. The van der Waals surface area contributed by atoms with Gasteiger partial charge in [-0.2, -0.15) is 0 Å². The molecule has 0 radical (unpaired) electrons. The molecule has 2 nitrogen and oxygen atoms in total. The lowest BCUT2D eigenvalue weighted by molar-refractivity contribution is 1.37. The van der Waals surface area contributed by atoms with Crippen molar-refractivity contribution in [3.63, 3.8) is 0 Å². The highest BCUT2D eigenvalue weighted by Crippen LogP contribution is 2.44. The van der Waals surface area contributed by atoms with Crippen LogP contribution in [0.3, 0.4) is 0 Å². The maximum atomic E-state index is 5.30. The molecule has 2 heterocycles. The molecule has 2 aromatic heterocycles. The average molecular weight is 619 g/mol. The molecule has 0 aliphatic carbocycles. The number of allylic oxidation sites excluding steroid dienone is 2. The van der Waals surface area contributed by atoms with Crippen molar-refractivity contribution >= 4 is 67.3 Å². The molecule has 0 unspecified atom stereocenters. The van der Waals surface area contributed by atoms with Crippen molar-refractivity contribution in [1.82, 2.24) is 9.97 Å². The van der Waals surface area contributed by atoms with Crippen LogP contribution in [-0.4, -0.2) is 9.97 Å². The first-order valence-corrected chi connectivity index (χ1v) is 16.2. The van der Waals surface area contributed by atoms with Gasteiger partial charge in [0.1, 0.15) is 0 Å². The number of hydrogen-bond donors (Lipinski definition) is 1. The van der Waals surface area contributed by atoms with Crippen LogP contribution in [0.25, 0.3) is 66.0 Å². The van der Waals surface area contributed by atoms with Gasteiger partial charge < -0.3 is 0 Å². The standard InChI is InChI=1S/C44H30N2S/c47-44(34-17-8-3-9-18-34)41(39(31-15-6-2-7-16-31)29-30-13-4-1-5-14-30)38-26-25-37(35-20-10-11-21-36(35)38)40-27-24-33-23-22-32-19-12-28-45-42(32)43(33)46-40/h1-29,47H/b39-29+,44-41-. The van der Waals surface area contributed by atoms with E-state index in [4.69, 9.17) is 22.6 Å². The van der Waals surface area contributed by atoms with E-state index < -0.39 is 0 Å². The monoisotopic (exact) mass is 618 g/mol. The van der Waals surface area contributed by atoms with Gasteiger partial charge in [-0.3, -0.25) is 4.98 Å². The SMILES string of the molecule is S/C(=C(\C(=C\c1ccccc1)c1ccccc1)c1ccc(-c2ccc3ccc4cccnc4c3n2)c2ccccc12)c1ccccc1. The Morgan fingerprint density at radius 1 is 0.511 bits per heavy atom. The zero-order valence-electron chi connectivity index (χ0n) is 25.6. The zero-order chi connectivity index (χ0) is 31.6.